The summed E-state index contributed by atoms with van der Waals surface area (Å²) in [5.74, 6) is 0.354. The van der Waals surface area contributed by atoms with Gasteiger partial charge in [0, 0.05) is 18.1 Å². The second-order valence-corrected chi connectivity index (χ2v) is 8.32. The molecule has 0 saturated carbocycles. The molecule has 0 spiro atoms. The normalized spacial score (nSPS) is 14.3. The fourth-order valence-electron chi connectivity index (χ4n) is 3.02. The van der Waals surface area contributed by atoms with Crippen LogP contribution in [0.1, 0.15) is 12.8 Å². The van der Waals surface area contributed by atoms with Gasteiger partial charge < -0.3 is 4.90 Å². The van der Waals surface area contributed by atoms with Crippen LogP contribution in [-0.2, 0) is 4.79 Å². The molecule has 1 saturated heterocycles. The third-order valence-electron chi connectivity index (χ3n) is 4.30. The van der Waals surface area contributed by atoms with Gasteiger partial charge in [0.1, 0.15) is 4.70 Å². The van der Waals surface area contributed by atoms with Crippen molar-refractivity contribution in [3.8, 4) is 5.69 Å². The van der Waals surface area contributed by atoms with Crippen molar-refractivity contribution >= 4 is 50.8 Å². The molecule has 0 unspecified atom stereocenters. The molecule has 3 heterocycles. The van der Waals surface area contributed by atoms with Gasteiger partial charge >= 0.3 is 0 Å². The Morgan fingerprint density at radius 2 is 2.08 bits per heavy atom. The summed E-state index contributed by atoms with van der Waals surface area (Å²) < 4.78 is 2.15. The minimum atomic E-state index is -0.136. The number of nitrogens with zero attached hydrogens (tertiary/aromatic N) is 3. The van der Waals surface area contributed by atoms with Crippen LogP contribution in [0.15, 0.2) is 45.7 Å². The highest BCUT2D eigenvalue weighted by atomic mass is 35.5. The lowest BCUT2D eigenvalue weighted by molar-refractivity contribution is -0.127. The van der Waals surface area contributed by atoms with Crippen molar-refractivity contribution in [1.29, 1.82) is 0 Å². The number of likely N-dealkylation sites (tertiary alicyclic amines) is 1. The topological polar surface area (TPSA) is 55.2 Å². The van der Waals surface area contributed by atoms with Crippen molar-refractivity contribution in [2.75, 3.05) is 18.8 Å². The predicted molar refractivity (Wildman–Crippen MR) is 107 cm³/mol. The molecule has 1 aliphatic heterocycles. The molecule has 5 nitrogen and oxygen atoms in total. The van der Waals surface area contributed by atoms with Gasteiger partial charge in [-0.3, -0.25) is 14.2 Å². The number of hydrogen-bond donors (Lipinski definition) is 0. The summed E-state index contributed by atoms with van der Waals surface area (Å²) in [5, 5.41) is 2.91. The van der Waals surface area contributed by atoms with Crippen LogP contribution in [0.3, 0.4) is 0 Å². The maximum atomic E-state index is 13.0. The van der Waals surface area contributed by atoms with E-state index in [2.05, 4.69) is 4.98 Å². The molecule has 0 radical (unpaired) electrons. The number of fused-ring (bicyclic) bond motifs is 1. The summed E-state index contributed by atoms with van der Waals surface area (Å²) in [6.45, 7) is 1.63. The van der Waals surface area contributed by atoms with Crippen LogP contribution in [0.5, 0.6) is 0 Å². The number of thioether (sulfide) groups is 1. The van der Waals surface area contributed by atoms with Crippen molar-refractivity contribution in [3.05, 3.63) is 51.1 Å². The second-order valence-electron chi connectivity index (χ2n) is 6.03. The maximum absolute atomic E-state index is 13.0. The molecule has 3 aromatic rings. The Labute approximate surface area is 163 Å². The summed E-state index contributed by atoms with van der Waals surface area (Å²) in [6.07, 6.45) is 2.12. The van der Waals surface area contributed by atoms with Gasteiger partial charge in [0.05, 0.1) is 17.0 Å². The lowest BCUT2D eigenvalue weighted by atomic mass is 10.3. The van der Waals surface area contributed by atoms with Gasteiger partial charge in [-0.25, -0.2) is 4.98 Å². The third kappa shape index (κ3) is 3.39. The van der Waals surface area contributed by atoms with E-state index in [4.69, 9.17) is 11.6 Å². The number of hydrogen-bond acceptors (Lipinski definition) is 5. The molecule has 0 atom stereocenters. The SMILES string of the molecule is O=C(CSc1nc2ccsc2c(=O)n1-c1cccc(Cl)c1)N1CCCC1. The van der Waals surface area contributed by atoms with E-state index in [1.54, 1.807) is 22.8 Å². The Bertz CT molecular complexity index is 1020. The van der Waals surface area contributed by atoms with Crippen LogP contribution in [0, 0.1) is 0 Å². The quantitative estimate of drug-likeness (QED) is 0.489. The summed E-state index contributed by atoms with van der Waals surface area (Å²) in [4.78, 5) is 31.9. The van der Waals surface area contributed by atoms with E-state index in [0.717, 1.165) is 25.9 Å². The number of halogens is 1. The van der Waals surface area contributed by atoms with Gasteiger partial charge in [0.2, 0.25) is 5.91 Å². The zero-order chi connectivity index (χ0) is 18.1. The van der Waals surface area contributed by atoms with Crippen LogP contribution in [0.2, 0.25) is 5.02 Å². The summed E-state index contributed by atoms with van der Waals surface area (Å²) in [6, 6.07) is 8.94. The molecule has 0 N–H and O–H groups in total. The van der Waals surface area contributed by atoms with Crippen molar-refractivity contribution in [3.63, 3.8) is 0 Å². The van der Waals surface area contributed by atoms with E-state index < -0.39 is 0 Å². The number of thiophene rings is 1. The third-order valence-corrected chi connectivity index (χ3v) is 6.35. The van der Waals surface area contributed by atoms with Crippen molar-refractivity contribution in [2.24, 2.45) is 0 Å². The summed E-state index contributed by atoms with van der Waals surface area (Å²) in [5.41, 5.74) is 1.18. The van der Waals surface area contributed by atoms with Gasteiger partial charge in [0.15, 0.2) is 5.16 Å². The first-order chi connectivity index (χ1) is 12.6. The highest BCUT2D eigenvalue weighted by Crippen LogP contribution is 2.25. The van der Waals surface area contributed by atoms with Crippen LogP contribution in [0.4, 0.5) is 0 Å². The summed E-state index contributed by atoms with van der Waals surface area (Å²) in [7, 11) is 0. The Kier molecular flexibility index (Phi) is 5.02. The standard InChI is InChI=1S/C18H16ClN3O2S2/c19-12-4-3-5-13(10-12)22-17(24)16-14(6-9-25-16)20-18(22)26-11-15(23)21-7-1-2-8-21/h3-6,9-10H,1-2,7-8,11H2. The van der Waals surface area contributed by atoms with Crippen molar-refractivity contribution in [2.45, 2.75) is 18.0 Å². The van der Waals surface area contributed by atoms with E-state index in [0.29, 0.717) is 26.1 Å². The van der Waals surface area contributed by atoms with E-state index in [1.807, 2.05) is 22.4 Å². The van der Waals surface area contributed by atoms with Crippen LogP contribution >= 0.6 is 34.7 Å². The molecule has 1 amide bonds. The Hall–Kier alpha value is -1.83. The van der Waals surface area contributed by atoms with E-state index in [-0.39, 0.29) is 17.2 Å². The highest BCUT2D eigenvalue weighted by Gasteiger charge is 2.20. The number of aromatic nitrogens is 2. The maximum Gasteiger partial charge on any atom is 0.276 e. The smallest absolute Gasteiger partial charge is 0.276 e. The van der Waals surface area contributed by atoms with E-state index >= 15 is 0 Å². The number of carbonyl (C=O) groups excluding carboxylic acids is 1. The number of amides is 1. The molecule has 0 aliphatic carbocycles. The average molecular weight is 406 g/mol. The lowest BCUT2D eigenvalue weighted by Crippen LogP contribution is -2.29. The fraction of sp³-hybridized carbons (Fsp3) is 0.278. The molecule has 1 aliphatic rings. The van der Waals surface area contributed by atoms with Gasteiger partial charge in [-0.2, -0.15) is 0 Å². The second kappa shape index (κ2) is 7.42. The number of rotatable bonds is 4. The monoisotopic (exact) mass is 405 g/mol. The highest BCUT2D eigenvalue weighted by molar-refractivity contribution is 7.99. The molecule has 134 valence electrons. The number of benzene rings is 1. The molecule has 1 aromatic carbocycles. The van der Waals surface area contributed by atoms with Crippen molar-refractivity contribution in [1.82, 2.24) is 14.5 Å². The molecule has 26 heavy (non-hydrogen) atoms. The molecule has 1 fully saturated rings. The fourth-order valence-corrected chi connectivity index (χ4v) is 4.88. The first-order valence-corrected chi connectivity index (χ1v) is 10.5. The molecule has 4 rings (SSSR count). The largest absolute Gasteiger partial charge is 0.342 e. The molecule has 8 heteroatoms. The summed E-state index contributed by atoms with van der Waals surface area (Å²) >= 11 is 8.77. The molecular weight excluding hydrogens is 390 g/mol. The van der Waals surface area contributed by atoms with Gasteiger partial charge in [0.25, 0.3) is 5.56 Å². The first-order valence-electron chi connectivity index (χ1n) is 8.30. The van der Waals surface area contributed by atoms with Crippen molar-refractivity contribution < 1.29 is 4.79 Å². The van der Waals surface area contributed by atoms with Crippen LogP contribution in [-0.4, -0.2) is 39.2 Å². The first kappa shape index (κ1) is 17.6. The molecular formula is C18H16ClN3O2S2. The van der Waals surface area contributed by atoms with Gasteiger partial charge in [-0.1, -0.05) is 29.4 Å². The Balaban J connectivity index is 1.73. The minimum absolute atomic E-state index is 0.0878. The Morgan fingerprint density at radius 3 is 2.85 bits per heavy atom. The zero-order valence-electron chi connectivity index (χ0n) is 13.9. The Morgan fingerprint density at radius 1 is 1.27 bits per heavy atom. The minimum Gasteiger partial charge on any atom is -0.342 e. The average Bonchev–Trinajstić information content (AvgIpc) is 3.31. The predicted octanol–water partition coefficient (Wildman–Crippen LogP) is 3.82. The zero-order valence-corrected chi connectivity index (χ0v) is 16.2. The van der Waals surface area contributed by atoms with Crippen LogP contribution in [0.25, 0.3) is 15.9 Å². The molecule has 2 aromatic heterocycles. The van der Waals surface area contributed by atoms with Crippen LogP contribution < -0.4 is 5.56 Å². The number of carbonyl (C=O) groups is 1. The van der Waals surface area contributed by atoms with Gasteiger partial charge in [-0.15, -0.1) is 11.3 Å². The molecule has 0 bridgehead atoms. The van der Waals surface area contributed by atoms with E-state index in [9.17, 15) is 9.59 Å². The van der Waals surface area contributed by atoms with Gasteiger partial charge in [-0.05, 0) is 42.5 Å². The van der Waals surface area contributed by atoms with E-state index in [1.165, 1.54) is 23.1 Å². The lowest BCUT2D eigenvalue weighted by Gasteiger charge is -2.16.